The lowest BCUT2D eigenvalue weighted by atomic mass is 10.0. The average molecular weight is 517 g/mol. The Hall–Kier alpha value is -2.22. The fourth-order valence-corrected chi connectivity index (χ4v) is 4.96. The van der Waals surface area contributed by atoms with Gasteiger partial charge in [-0.3, -0.25) is 9.98 Å². The largest absolute Gasteiger partial charge is 0.252 e. The first-order valence-electron chi connectivity index (χ1n) is 16.0. The van der Waals surface area contributed by atoms with Gasteiger partial charge in [0.2, 0.25) is 0 Å². The van der Waals surface area contributed by atoms with E-state index >= 15 is 0 Å². The summed E-state index contributed by atoms with van der Waals surface area (Å²) >= 11 is 0. The van der Waals surface area contributed by atoms with Crippen LogP contribution in [-0.4, -0.2) is 11.4 Å². The molecule has 2 aromatic carbocycles. The second-order valence-corrected chi connectivity index (χ2v) is 11.0. The third-order valence-corrected chi connectivity index (χ3v) is 7.35. The van der Waals surface area contributed by atoms with Crippen LogP contribution in [0.5, 0.6) is 0 Å². The van der Waals surface area contributed by atoms with Crippen molar-refractivity contribution < 1.29 is 0 Å². The number of hydrogen-bond donors (Lipinski definition) is 0. The highest BCUT2D eigenvalue weighted by molar-refractivity contribution is 6.43. The lowest BCUT2D eigenvalue weighted by molar-refractivity contribution is 0.632. The van der Waals surface area contributed by atoms with Crippen molar-refractivity contribution >= 4 is 22.8 Å². The molecule has 0 saturated heterocycles. The lowest BCUT2D eigenvalue weighted by Crippen LogP contribution is -2.14. The van der Waals surface area contributed by atoms with Gasteiger partial charge in [-0.05, 0) is 86.8 Å². The van der Waals surface area contributed by atoms with E-state index in [4.69, 9.17) is 9.98 Å². The van der Waals surface area contributed by atoms with Gasteiger partial charge in [-0.2, -0.15) is 0 Å². The number of hydrogen-bond acceptors (Lipinski definition) is 2. The van der Waals surface area contributed by atoms with Gasteiger partial charge in [0.1, 0.15) is 0 Å². The highest BCUT2D eigenvalue weighted by Crippen LogP contribution is 2.22. The van der Waals surface area contributed by atoms with Crippen molar-refractivity contribution in [2.75, 3.05) is 0 Å². The highest BCUT2D eigenvalue weighted by Gasteiger charge is 2.11. The maximum absolute atomic E-state index is 5.25. The molecule has 0 unspecified atom stereocenters. The van der Waals surface area contributed by atoms with Gasteiger partial charge in [-0.15, -0.1) is 0 Å². The topological polar surface area (TPSA) is 24.7 Å². The maximum Gasteiger partial charge on any atom is 0.0636 e. The van der Waals surface area contributed by atoms with Crippen molar-refractivity contribution in [1.29, 1.82) is 0 Å². The molecule has 0 atom stereocenters. The number of nitrogens with zero attached hydrogens (tertiary/aromatic N) is 2. The molecule has 2 rings (SSSR count). The van der Waals surface area contributed by atoms with E-state index in [1.807, 2.05) is 0 Å². The third kappa shape index (κ3) is 13.5. The van der Waals surface area contributed by atoms with Crippen molar-refractivity contribution in [3.8, 4) is 0 Å². The predicted octanol–water partition coefficient (Wildman–Crippen LogP) is 11.9. The number of aliphatic imine (C=N–C) groups is 2. The summed E-state index contributed by atoms with van der Waals surface area (Å²) in [5.41, 5.74) is 7.38. The molecule has 2 nitrogen and oxygen atoms in total. The van der Waals surface area contributed by atoms with Gasteiger partial charge in [0.15, 0.2) is 0 Å². The number of unbranched alkanes of at least 4 members (excludes halogenated alkanes) is 10. The van der Waals surface area contributed by atoms with Crippen molar-refractivity contribution in [1.82, 2.24) is 0 Å². The van der Waals surface area contributed by atoms with Crippen LogP contribution in [0, 0.1) is 0 Å². The van der Waals surface area contributed by atoms with Crippen LogP contribution >= 0.6 is 0 Å². The van der Waals surface area contributed by atoms with E-state index in [9.17, 15) is 0 Å². The Morgan fingerprint density at radius 3 is 1.26 bits per heavy atom. The Kier molecular flexibility index (Phi) is 17.4. The van der Waals surface area contributed by atoms with Crippen molar-refractivity contribution in [2.24, 2.45) is 9.98 Å². The van der Waals surface area contributed by atoms with Gasteiger partial charge in [0, 0.05) is 0 Å². The van der Waals surface area contributed by atoms with Crippen LogP contribution in [0.1, 0.15) is 142 Å². The number of aryl methyl sites for hydroxylation is 2. The number of rotatable bonds is 21. The minimum atomic E-state index is 0.997. The molecule has 0 aliphatic carbocycles. The zero-order valence-electron chi connectivity index (χ0n) is 25.2. The second kappa shape index (κ2) is 20.7. The van der Waals surface area contributed by atoms with E-state index in [2.05, 4.69) is 76.2 Å². The van der Waals surface area contributed by atoms with Crippen LogP contribution in [0.25, 0.3) is 0 Å². The van der Waals surface area contributed by atoms with Crippen LogP contribution in [0.15, 0.2) is 58.5 Å². The number of benzene rings is 2. The standard InChI is InChI=1S/C36H56N2/c1-5-9-13-15-17-21-31-23-19-25-33(29-31)37-35(27-11-7-3)36(28-12-8-4)38-34-26-20-24-32(30-34)22-18-16-14-10-6-2/h19-20,23-26,29-30H,5-18,21-22,27-28H2,1-4H3. The molecule has 0 aliphatic heterocycles. The predicted molar refractivity (Wildman–Crippen MR) is 171 cm³/mol. The van der Waals surface area contributed by atoms with E-state index in [-0.39, 0.29) is 0 Å². The molecular weight excluding hydrogens is 460 g/mol. The van der Waals surface area contributed by atoms with Crippen LogP contribution < -0.4 is 0 Å². The molecule has 0 spiro atoms. The Labute approximate surface area is 235 Å². The summed E-state index contributed by atoms with van der Waals surface area (Å²) in [7, 11) is 0. The van der Waals surface area contributed by atoms with Crippen molar-refractivity contribution in [3.63, 3.8) is 0 Å². The van der Waals surface area contributed by atoms with E-state index in [0.29, 0.717) is 0 Å². The Morgan fingerprint density at radius 2 is 0.868 bits per heavy atom. The normalized spacial score (nSPS) is 12.3. The van der Waals surface area contributed by atoms with E-state index in [0.717, 1.165) is 49.9 Å². The molecule has 0 aromatic heterocycles. The van der Waals surface area contributed by atoms with Gasteiger partial charge in [-0.1, -0.05) is 116 Å². The summed E-state index contributed by atoms with van der Waals surface area (Å²) in [6.45, 7) is 9.09. The van der Waals surface area contributed by atoms with Gasteiger partial charge in [0.25, 0.3) is 0 Å². The average Bonchev–Trinajstić information content (AvgIpc) is 2.93. The molecule has 2 aromatic rings. The Balaban J connectivity index is 2.24. The first-order valence-corrected chi connectivity index (χ1v) is 16.0. The van der Waals surface area contributed by atoms with Crippen molar-refractivity contribution in [3.05, 3.63) is 59.7 Å². The molecule has 0 fully saturated rings. The fourth-order valence-electron chi connectivity index (χ4n) is 4.96. The molecular formula is C36H56N2. The first kappa shape index (κ1) is 32.0. The zero-order chi connectivity index (χ0) is 27.3. The van der Waals surface area contributed by atoms with Crippen LogP contribution in [0.2, 0.25) is 0 Å². The van der Waals surface area contributed by atoms with Crippen LogP contribution in [0.4, 0.5) is 11.4 Å². The lowest BCUT2D eigenvalue weighted by Gasteiger charge is -2.12. The molecule has 210 valence electrons. The maximum atomic E-state index is 5.25. The summed E-state index contributed by atoms with van der Waals surface area (Å²) < 4.78 is 0. The summed E-state index contributed by atoms with van der Waals surface area (Å²) in [4.78, 5) is 10.5. The minimum absolute atomic E-state index is 0.997. The second-order valence-electron chi connectivity index (χ2n) is 11.0. The molecule has 0 N–H and O–H groups in total. The van der Waals surface area contributed by atoms with E-state index in [1.54, 1.807) is 0 Å². The molecule has 0 heterocycles. The van der Waals surface area contributed by atoms with Crippen LogP contribution in [-0.2, 0) is 12.8 Å². The molecule has 2 heteroatoms. The molecule has 0 amide bonds. The summed E-state index contributed by atoms with van der Waals surface area (Å²) in [6.07, 6.45) is 22.2. The Bertz CT molecular complexity index is 862. The summed E-state index contributed by atoms with van der Waals surface area (Å²) in [5, 5.41) is 0. The molecule has 0 aliphatic rings. The monoisotopic (exact) mass is 516 g/mol. The molecule has 38 heavy (non-hydrogen) atoms. The highest BCUT2D eigenvalue weighted by atomic mass is 14.8. The SMILES string of the molecule is CCCCCCCc1cccc(N=C(CCCC)C(CCCC)=Nc2cccc(CCCCCCC)c2)c1. The molecule has 0 radical (unpaired) electrons. The van der Waals surface area contributed by atoms with E-state index in [1.165, 1.54) is 99.6 Å². The van der Waals surface area contributed by atoms with Crippen LogP contribution in [0.3, 0.4) is 0 Å². The Morgan fingerprint density at radius 1 is 0.474 bits per heavy atom. The first-order chi connectivity index (χ1) is 18.7. The third-order valence-electron chi connectivity index (χ3n) is 7.35. The van der Waals surface area contributed by atoms with Gasteiger partial charge in [0.05, 0.1) is 22.8 Å². The molecule has 0 saturated carbocycles. The van der Waals surface area contributed by atoms with Gasteiger partial charge < -0.3 is 0 Å². The quantitative estimate of drug-likeness (QED) is 0.116. The molecule has 0 bridgehead atoms. The summed E-state index contributed by atoms with van der Waals surface area (Å²) in [6, 6.07) is 17.9. The minimum Gasteiger partial charge on any atom is -0.252 e. The smallest absolute Gasteiger partial charge is 0.0636 e. The zero-order valence-corrected chi connectivity index (χ0v) is 25.2. The fraction of sp³-hybridized carbons (Fsp3) is 0.611. The van der Waals surface area contributed by atoms with Gasteiger partial charge in [-0.25, -0.2) is 0 Å². The van der Waals surface area contributed by atoms with Gasteiger partial charge >= 0.3 is 0 Å². The summed E-state index contributed by atoms with van der Waals surface area (Å²) in [5.74, 6) is 0. The van der Waals surface area contributed by atoms with Crippen molar-refractivity contribution in [2.45, 2.75) is 143 Å². The van der Waals surface area contributed by atoms with E-state index < -0.39 is 0 Å².